The Balaban J connectivity index is 1.53. The molecule has 1 amide bonds. The summed E-state index contributed by atoms with van der Waals surface area (Å²) in [6.07, 6.45) is -2.33. The van der Waals surface area contributed by atoms with Crippen LogP contribution < -0.4 is 11.1 Å². The van der Waals surface area contributed by atoms with Gasteiger partial charge >= 0.3 is 6.18 Å². The van der Waals surface area contributed by atoms with Crippen molar-refractivity contribution in [3.63, 3.8) is 0 Å². The Labute approximate surface area is 225 Å². The Kier molecular flexibility index (Phi) is 6.54. The lowest BCUT2D eigenvalue weighted by atomic mass is 10.0. The van der Waals surface area contributed by atoms with Gasteiger partial charge in [0.05, 0.1) is 16.1 Å². The predicted octanol–water partition coefficient (Wildman–Crippen LogP) is 5.48. The fourth-order valence-electron chi connectivity index (χ4n) is 4.19. The van der Waals surface area contributed by atoms with Crippen molar-refractivity contribution in [3.8, 4) is 16.8 Å². The van der Waals surface area contributed by atoms with E-state index >= 15 is 4.39 Å². The van der Waals surface area contributed by atoms with Crippen molar-refractivity contribution < 1.29 is 30.8 Å². The fraction of sp³-hybridized carbons (Fsp3) is 0.0741. The topological polar surface area (TPSA) is 120 Å². The number of rotatable bonds is 5. The van der Waals surface area contributed by atoms with Crippen LogP contribution in [0, 0.1) is 5.82 Å². The number of nitrogens with one attached hydrogen (secondary N) is 1. The fourth-order valence-corrected chi connectivity index (χ4v) is 5.11. The number of nitrogen functional groups attached to an aromatic ring is 1. The van der Waals surface area contributed by atoms with E-state index < -0.39 is 39.0 Å². The number of sulfone groups is 1. The van der Waals surface area contributed by atoms with Gasteiger partial charge in [0.15, 0.2) is 15.5 Å². The van der Waals surface area contributed by atoms with Gasteiger partial charge in [-0.25, -0.2) is 22.5 Å². The Morgan fingerprint density at radius 1 is 1.00 bits per heavy atom. The zero-order valence-corrected chi connectivity index (χ0v) is 21.4. The monoisotopic (exact) mass is 569 g/mol. The van der Waals surface area contributed by atoms with Gasteiger partial charge in [-0.15, -0.1) is 0 Å². The minimum Gasteiger partial charge on any atom is -0.383 e. The molecule has 5 aromatic rings. The molecule has 0 bridgehead atoms. The number of nitrogens with two attached hydrogens (primary N) is 1. The van der Waals surface area contributed by atoms with Gasteiger partial charge in [-0.05, 0) is 47.3 Å². The van der Waals surface area contributed by atoms with Crippen molar-refractivity contribution in [1.82, 2.24) is 14.8 Å². The van der Waals surface area contributed by atoms with Gasteiger partial charge in [0.25, 0.3) is 5.91 Å². The van der Waals surface area contributed by atoms with E-state index in [1.54, 1.807) is 18.2 Å². The molecule has 2 aromatic heterocycles. The van der Waals surface area contributed by atoms with Gasteiger partial charge in [-0.1, -0.05) is 30.3 Å². The second kappa shape index (κ2) is 9.75. The summed E-state index contributed by atoms with van der Waals surface area (Å²) in [5.74, 6) is -2.28. The largest absolute Gasteiger partial charge is 0.435 e. The molecule has 0 atom stereocenters. The highest BCUT2D eigenvalue weighted by molar-refractivity contribution is 7.90. The molecule has 2 heterocycles. The van der Waals surface area contributed by atoms with Crippen LogP contribution in [0.3, 0.4) is 0 Å². The number of aromatic nitrogens is 3. The van der Waals surface area contributed by atoms with Crippen molar-refractivity contribution in [3.05, 3.63) is 96.1 Å². The molecule has 0 unspecified atom stereocenters. The average molecular weight is 570 g/mol. The smallest absolute Gasteiger partial charge is 0.383 e. The summed E-state index contributed by atoms with van der Waals surface area (Å²) in [6, 6.07) is 16.3. The molecule has 0 saturated carbocycles. The lowest BCUT2D eigenvalue weighted by Gasteiger charge is -2.12. The summed E-state index contributed by atoms with van der Waals surface area (Å²) in [7, 11) is -3.63. The lowest BCUT2D eigenvalue weighted by Crippen LogP contribution is -2.16. The molecule has 0 spiro atoms. The van der Waals surface area contributed by atoms with E-state index in [9.17, 15) is 26.4 Å². The third-order valence-corrected chi connectivity index (χ3v) is 7.23. The van der Waals surface area contributed by atoms with Crippen molar-refractivity contribution in [1.29, 1.82) is 0 Å². The number of carbonyl (C=O) groups is 1. The number of benzene rings is 3. The average Bonchev–Trinajstić information content (AvgIpc) is 3.32. The second-order valence-electron chi connectivity index (χ2n) is 8.84. The first-order chi connectivity index (χ1) is 18.8. The number of alkyl halides is 3. The maximum Gasteiger partial charge on any atom is 0.435 e. The van der Waals surface area contributed by atoms with Crippen LogP contribution in [0.2, 0.25) is 0 Å². The minimum atomic E-state index is -4.83. The maximum atomic E-state index is 15.1. The highest BCUT2D eigenvalue weighted by Crippen LogP contribution is 2.33. The molecular weight excluding hydrogens is 550 g/mol. The van der Waals surface area contributed by atoms with E-state index in [4.69, 9.17) is 5.73 Å². The summed E-state index contributed by atoms with van der Waals surface area (Å²) in [6.45, 7) is 0. The van der Waals surface area contributed by atoms with Crippen LogP contribution in [0.25, 0.3) is 27.6 Å². The third kappa shape index (κ3) is 5.10. The van der Waals surface area contributed by atoms with Crippen molar-refractivity contribution in [2.45, 2.75) is 11.1 Å². The number of pyridine rings is 1. The molecule has 0 fully saturated rings. The molecular formula is C27H19F4N5O3S. The number of halogens is 4. The standard InChI is InChI=1S/C27H19F4N5O3S/c1-40(38,39)22-5-3-2-4-18(22)16-7-9-19(21(28)12-16)26(37)34-24-14-23(27(29,30)31)35-36(24)17-8-6-15-10-11-33-25(32)20(15)13-17/h2-14H,1H3,(H2,32,33)(H,34,37). The van der Waals surface area contributed by atoms with Gasteiger partial charge in [-0.2, -0.15) is 18.3 Å². The Morgan fingerprint density at radius 2 is 1.75 bits per heavy atom. The Hall–Kier alpha value is -4.78. The number of carbonyl (C=O) groups excluding carboxylic acids is 1. The molecule has 0 aliphatic carbocycles. The van der Waals surface area contributed by atoms with E-state index in [-0.39, 0.29) is 33.3 Å². The first kappa shape index (κ1) is 26.8. The Morgan fingerprint density at radius 3 is 2.45 bits per heavy atom. The van der Waals surface area contributed by atoms with Crippen molar-refractivity contribution in [2.75, 3.05) is 17.3 Å². The predicted molar refractivity (Wildman–Crippen MR) is 141 cm³/mol. The number of anilines is 2. The molecule has 0 aliphatic heterocycles. The third-order valence-electron chi connectivity index (χ3n) is 6.08. The van der Waals surface area contributed by atoms with Gasteiger partial charge < -0.3 is 11.1 Å². The maximum absolute atomic E-state index is 15.1. The van der Waals surface area contributed by atoms with E-state index in [1.165, 1.54) is 42.6 Å². The van der Waals surface area contributed by atoms with Crippen molar-refractivity contribution in [2.24, 2.45) is 0 Å². The van der Waals surface area contributed by atoms with Crippen LogP contribution in [0.1, 0.15) is 16.1 Å². The van der Waals surface area contributed by atoms with E-state index in [0.717, 1.165) is 23.1 Å². The molecule has 5 rings (SSSR count). The first-order valence-corrected chi connectivity index (χ1v) is 13.4. The van der Waals surface area contributed by atoms with Crippen molar-refractivity contribution >= 4 is 38.2 Å². The van der Waals surface area contributed by atoms with Gasteiger partial charge in [0.1, 0.15) is 17.5 Å². The molecule has 204 valence electrons. The van der Waals surface area contributed by atoms with Crippen LogP contribution in [0.4, 0.5) is 29.2 Å². The SMILES string of the molecule is CS(=O)(=O)c1ccccc1-c1ccc(C(=O)Nc2cc(C(F)(F)F)nn2-c2ccc3ccnc(N)c3c2)c(F)c1. The number of hydrogen-bond acceptors (Lipinski definition) is 6. The zero-order chi connectivity index (χ0) is 28.8. The van der Waals surface area contributed by atoms with Crippen LogP contribution in [0.15, 0.2) is 83.9 Å². The van der Waals surface area contributed by atoms with Crippen LogP contribution in [-0.4, -0.2) is 35.3 Å². The lowest BCUT2D eigenvalue weighted by molar-refractivity contribution is -0.141. The molecule has 0 saturated heterocycles. The number of nitrogens with zero attached hydrogens (tertiary/aromatic N) is 3. The molecule has 8 nitrogen and oxygen atoms in total. The molecule has 40 heavy (non-hydrogen) atoms. The summed E-state index contributed by atoms with van der Waals surface area (Å²) in [4.78, 5) is 17.0. The first-order valence-electron chi connectivity index (χ1n) is 11.5. The molecule has 3 aromatic carbocycles. The summed E-state index contributed by atoms with van der Waals surface area (Å²) in [5.41, 5.74) is 4.72. The van der Waals surface area contributed by atoms with Crippen LogP contribution in [0.5, 0.6) is 0 Å². The molecule has 3 N–H and O–H groups in total. The molecule has 0 aliphatic rings. The highest BCUT2D eigenvalue weighted by atomic mass is 32.2. The number of amides is 1. The number of hydrogen-bond donors (Lipinski definition) is 2. The van der Waals surface area contributed by atoms with Crippen LogP contribution in [-0.2, 0) is 16.0 Å². The summed E-state index contributed by atoms with van der Waals surface area (Å²) < 4.78 is 80.9. The van der Waals surface area contributed by atoms with Gasteiger partial charge in [0, 0.05) is 29.5 Å². The van der Waals surface area contributed by atoms with E-state index in [1.807, 2.05) is 0 Å². The van der Waals surface area contributed by atoms with Gasteiger partial charge in [0.2, 0.25) is 0 Å². The molecule has 13 heteroatoms. The quantitative estimate of drug-likeness (QED) is 0.271. The number of fused-ring (bicyclic) bond motifs is 1. The van der Waals surface area contributed by atoms with E-state index in [0.29, 0.717) is 16.8 Å². The zero-order valence-electron chi connectivity index (χ0n) is 20.6. The normalized spacial score (nSPS) is 12.0. The summed E-state index contributed by atoms with van der Waals surface area (Å²) >= 11 is 0. The Bertz CT molecular complexity index is 1900. The van der Waals surface area contributed by atoms with E-state index in [2.05, 4.69) is 15.4 Å². The minimum absolute atomic E-state index is 0.0265. The van der Waals surface area contributed by atoms with Crippen LogP contribution >= 0.6 is 0 Å². The highest BCUT2D eigenvalue weighted by Gasteiger charge is 2.35. The summed E-state index contributed by atoms with van der Waals surface area (Å²) in [5, 5.41) is 7.04. The second-order valence-corrected chi connectivity index (χ2v) is 10.8. The van der Waals surface area contributed by atoms with Gasteiger partial charge in [-0.3, -0.25) is 4.79 Å². The molecule has 0 radical (unpaired) electrons.